The highest BCUT2D eigenvalue weighted by Gasteiger charge is 2.05. The third-order valence-corrected chi connectivity index (χ3v) is 2.95. The summed E-state index contributed by atoms with van der Waals surface area (Å²) in [7, 11) is 0. The first-order valence-corrected chi connectivity index (χ1v) is 5.91. The molecule has 92 valence electrons. The van der Waals surface area contributed by atoms with Gasteiger partial charge in [-0.3, -0.25) is 4.98 Å². The zero-order valence-corrected chi connectivity index (χ0v) is 10.4. The minimum atomic E-state index is -0.0257. The van der Waals surface area contributed by atoms with Gasteiger partial charge in [0.25, 0.3) is 0 Å². The van der Waals surface area contributed by atoms with Gasteiger partial charge >= 0.3 is 0 Å². The molecule has 2 rings (SSSR count). The second-order valence-corrected chi connectivity index (χ2v) is 4.55. The van der Waals surface area contributed by atoms with E-state index in [4.69, 9.17) is 10.9 Å². The Bertz CT molecular complexity index is 570. The van der Waals surface area contributed by atoms with Crippen LogP contribution in [0.4, 0.5) is 0 Å². The zero-order valence-electron chi connectivity index (χ0n) is 9.61. The molecule has 6 nitrogen and oxygen atoms in total. The van der Waals surface area contributed by atoms with E-state index in [9.17, 15) is 0 Å². The van der Waals surface area contributed by atoms with Gasteiger partial charge in [0, 0.05) is 23.5 Å². The van der Waals surface area contributed by atoms with Crippen LogP contribution in [0.25, 0.3) is 0 Å². The standard InChI is InChI=1S/C11H11N5OS/c1-7-5-14-11(15-6-7)18-8-2-3-13-9(4-8)10(12)16-17/h2-6,17H,1H3,(H2,12,16). The van der Waals surface area contributed by atoms with Gasteiger partial charge in [-0.05, 0) is 36.4 Å². The monoisotopic (exact) mass is 261 g/mol. The van der Waals surface area contributed by atoms with Crippen LogP contribution in [-0.4, -0.2) is 26.0 Å². The van der Waals surface area contributed by atoms with Crippen LogP contribution in [0.3, 0.4) is 0 Å². The smallest absolute Gasteiger partial charge is 0.192 e. The van der Waals surface area contributed by atoms with E-state index in [1.54, 1.807) is 24.7 Å². The molecule has 2 aromatic heterocycles. The Morgan fingerprint density at radius 1 is 1.33 bits per heavy atom. The number of oxime groups is 1. The third kappa shape index (κ3) is 2.95. The van der Waals surface area contributed by atoms with E-state index in [2.05, 4.69) is 20.1 Å². The van der Waals surface area contributed by atoms with Gasteiger partial charge < -0.3 is 10.9 Å². The summed E-state index contributed by atoms with van der Waals surface area (Å²) in [5, 5.41) is 12.1. The molecule has 0 amide bonds. The molecule has 3 N–H and O–H groups in total. The van der Waals surface area contributed by atoms with Gasteiger partial charge in [0.1, 0.15) is 5.69 Å². The second-order valence-electron chi connectivity index (χ2n) is 3.51. The quantitative estimate of drug-likeness (QED) is 0.285. The highest BCUT2D eigenvalue weighted by molar-refractivity contribution is 7.99. The van der Waals surface area contributed by atoms with Crippen molar-refractivity contribution in [3.8, 4) is 0 Å². The van der Waals surface area contributed by atoms with Crippen molar-refractivity contribution in [2.45, 2.75) is 17.0 Å². The number of amidine groups is 1. The number of rotatable bonds is 3. The van der Waals surface area contributed by atoms with E-state index in [0.29, 0.717) is 10.9 Å². The maximum absolute atomic E-state index is 8.59. The van der Waals surface area contributed by atoms with E-state index in [0.717, 1.165) is 10.5 Å². The van der Waals surface area contributed by atoms with Crippen LogP contribution >= 0.6 is 11.8 Å². The average molecular weight is 261 g/mol. The lowest BCUT2D eigenvalue weighted by atomic mass is 10.3. The molecule has 0 aromatic carbocycles. The van der Waals surface area contributed by atoms with E-state index in [1.807, 2.05) is 13.0 Å². The fourth-order valence-corrected chi connectivity index (χ4v) is 1.93. The number of pyridine rings is 1. The first-order chi connectivity index (χ1) is 8.69. The Kier molecular flexibility index (Phi) is 3.73. The number of aromatic nitrogens is 3. The normalized spacial score (nSPS) is 11.5. The molecule has 0 aliphatic carbocycles. The van der Waals surface area contributed by atoms with Gasteiger partial charge in [0.05, 0.1) is 0 Å². The summed E-state index contributed by atoms with van der Waals surface area (Å²) in [6.45, 7) is 1.93. The fraction of sp³-hybridized carbons (Fsp3) is 0.0909. The number of nitrogens with two attached hydrogens (primary N) is 1. The maximum atomic E-state index is 8.59. The van der Waals surface area contributed by atoms with Gasteiger partial charge in [0.15, 0.2) is 11.0 Å². The lowest BCUT2D eigenvalue weighted by molar-refractivity contribution is 0.318. The van der Waals surface area contributed by atoms with E-state index >= 15 is 0 Å². The highest BCUT2D eigenvalue weighted by atomic mass is 32.2. The number of aryl methyl sites for hydroxylation is 1. The van der Waals surface area contributed by atoms with Crippen molar-refractivity contribution >= 4 is 17.6 Å². The number of hydrogen-bond donors (Lipinski definition) is 2. The Morgan fingerprint density at radius 3 is 2.72 bits per heavy atom. The summed E-state index contributed by atoms with van der Waals surface area (Å²) < 4.78 is 0. The summed E-state index contributed by atoms with van der Waals surface area (Å²) >= 11 is 1.38. The lowest BCUT2D eigenvalue weighted by Gasteiger charge is -2.02. The molecule has 18 heavy (non-hydrogen) atoms. The summed E-state index contributed by atoms with van der Waals surface area (Å²) in [5.74, 6) is -0.0257. The van der Waals surface area contributed by atoms with Gasteiger partial charge in [-0.15, -0.1) is 0 Å². The van der Waals surface area contributed by atoms with Crippen molar-refractivity contribution < 1.29 is 5.21 Å². The Balaban J connectivity index is 2.22. The lowest BCUT2D eigenvalue weighted by Crippen LogP contribution is -2.14. The zero-order chi connectivity index (χ0) is 13.0. The summed E-state index contributed by atoms with van der Waals surface area (Å²) in [6, 6.07) is 3.52. The summed E-state index contributed by atoms with van der Waals surface area (Å²) in [4.78, 5) is 13.2. The van der Waals surface area contributed by atoms with Gasteiger partial charge in [0.2, 0.25) is 0 Å². The van der Waals surface area contributed by atoms with Crippen molar-refractivity contribution in [3.63, 3.8) is 0 Å². The molecule has 0 unspecified atom stereocenters. The molecule has 0 atom stereocenters. The number of hydrogen-bond acceptors (Lipinski definition) is 6. The minimum absolute atomic E-state index is 0.0257. The highest BCUT2D eigenvalue weighted by Crippen LogP contribution is 2.24. The van der Waals surface area contributed by atoms with Crippen molar-refractivity contribution in [3.05, 3.63) is 42.0 Å². The van der Waals surface area contributed by atoms with Crippen LogP contribution in [-0.2, 0) is 0 Å². The average Bonchev–Trinajstić information content (AvgIpc) is 2.41. The van der Waals surface area contributed by atoms with Gasteiger partial charge in [-0.25, -0.2) is 9.97 Å². The van der Waals surface area contributed by atoms with E-state index < -0.39 is 0 Å². The molecule has 0 fully saturated rings. The first-order valence-electron chi connectivity index (χ1n) is 5.09. The Morgan fingerprint density at radius 2 is 2.06 bits per heavy atom. The molecule has 0 aliphatic heterocycles. The van der Waals surface area contributed by atoms with Crippen molar-refractivity contribution in [2.24, 2.45) is 10.9 Å². The minimum Gasteiger partial charge on any atom is -0.409 e. The fourth-order valence-electron chi connectivity index (χ4n) is 1.20. The molecule has 2 aromatic rings. The largest absolute Gasteiger partial charge is 0.409 e. The molecule has 0 saturated heterocycles. The predicted octanol–water partition coefficient (Wildman–Crippen LogP) is 1.43. The van der Waals surface area contributed by atoms with Crippen LogP contribution in [0.1, 0.15) is 11.3 Å². The number of nitrogens with zero attached hydrogens (tertiary/aromatic N) is 4. The topological polar surface area (TPSA) is 97.3 Å². The molecule has 0 aliphatic rings. The van der Waals surface area contributed by atoms with Gasteiger partial charge in [-0.2, -0.15) is 0 Å². The molecule has 0 spiro atoms. The van der Waals surface area contributed by atoms with E-state index in [1.165, 1.54) is 11.8 Å². The van der Waals surface area contributed by atoms with Gasteiger partial charge in [-0.1, -0.05) is 5.16 Å². The molecule has 0 saturated carbocycles. The SMILES string of the molecule is Cc1cnc(Sc2ccnc(C(N)=NO)c2)nc1. The van der Waals surface area contributed by atoms with Crippen LogP contribution in [0.5, 0.6) is 0 Å². The Hall–Kier alpha value is -2.15. The van der Waals surface area contributed by atoms with Crippen molar-refractivity contribution in [2.75, 3.05) is 0 Å². The van der Waals surface area contributed by atoms with Crippen LogP contribution in [0.2, 0.25) is 0 Å². The molecule has 0 radical (unpaired) electrons. The van der Waals surface area contributed by atoms with Crippen LogP contribution < -0.4 is 5.73 Å². The van der Waals surface area contributed by atoms with Crippen LogP contribution in [0, 0.1) is 6.92 Å². The maximum Gasteiger partial charge on any atom is 0.192 e. The molecular weight excluding hydrogens is 250 g/mol. The van der Waals surface area contributed by atoms with Crippen molar-refractivity contribution in [1.82, 2.24) is 15.0 Å². The summed E-state index contributed by atoms with van der Waals surface area (Å²) in [5.41, 5.74) is 6.89. The first kappa shape index (κ1) is 12.3. The molecular formula is C11H11N5OS. The van der Waals surface area contributed by atoms with Crippen LogP contribution in [0.15, 0.2) is 45.9 Å². The Labute approximate surface area is 108 Å². The third-order valence-electron chi connectivity index (χ3n) is 2.07. The van der Waals surface area contributed by atoms with E-state index in [-0.39, 0.29) is 5.84 Å². The molecule has 0 bridgehead atoms. The molecule has 2 heterocycles. The summed E-state index contributed by atoms with van der Waals surface area (Å²) in [6.07, 6.45) is 5.09. The second kappa shape index (κ2) is 5.46. The molecule has 7 heteroatoms. The predicted molar refractivity (Wildman–Crippen MR) is 67.6 cm³/mol. The van der Waals surface area contributed by atoms with Crippen molar-refractivity contribution in [1.29, 1.82) is 0 Å².